The predicted molar refractivity (Wildman–Crippen MR) is 116 cm³/mol. The molecule has 4 nitrogen and oxygen atoms in total. The first-order valence-corrected chi connectivity index (χ1v) is 9.21. The molecule has 1 amide bonds. The summed E-state index contributed by atoms with van der Waals surface area (Å²) in [4.78, 5) is 12.5. The Morgan fingerprint density at radius 2 is 1.75 bits per heavy atom. The zero-order valence-electron chi connectivity index (χ0n) is 16.3. The fraction of sp³-hybridized carbons (Fsp3) is 0.167. The number of hydrogen-bond donors (Lipinski definition) is 1. The van der Waals surface area contributed by atoms with Gasteiger partial charge in [-0.15, -0.1) is 0 Å². The monoisotopic (exact) mass is 372 g/mol. The van der Waals surface area contributed by atoms with Crippen molar-refractivity contribution in [2.75, 3.05) is 7.11 Å². The van der Waals surface area contributed by atoms with Gasteiger partial charge in [-0.05, 0) is 53.5 Å². The summed E-state index contributed by atoms with van der Waals surface area (Å²) < 4.78 is 5.25. The number of methoxy groups -OCH3 is 1. The third-order valence-corrected chi connectivity index (χ3v) is 4.60. The van der Waals surface area contributed by atoms with Gasteiger partial charge in [-0.3, -0.25) is 4.79 Å². The topological polar surface area (TPSA) is 50.7 Å². The van der Waals surface area contributed by atoms with Crippen LogP contribution in [0.25, 0.3) is 16.8 Å². The molecule has 0 aliphatic rings. The highest BCUT2D eigenvalue weighted by atomic mass is 16.5. The van der Waals surface area contributed by atoms with Gasteiger partial charge in [0.25, 0.3) is 0 Å². The van der Waals surface area contributed by atoms with E-state index in [2.05, 4.69) is 10.5 Å². The van der Waals surface area contributed by atoms with Gasteiger partial charge in [-0.25, -0.2) is 5.43 Å². The van der Waals surface area contributed by atoms with Gasteiger partial charge in [0, 0.05) is 0 Å². The molecule has 0 aliphatic heterocycles. The second kappa shape index (κ2) is 9.00. The van der Waals surface area contributed by atoms with Crippen LogP contribution < -0.4 is 10.2 Å². The number of carbonyl (C=O) groups excluding carboxylic acids is 1. The summed E-state index contributed by atoms with van der Waals surface area (Å²) in [6, 6.07) is 21.9. The lowest BCUT2D eigenvalue weighted by atomic mass is 9.97. The van der Waals surface area contributed by atoms with Crippen molar-refractivity contribution in [3.8, 4) is 5.75 Å². The Hall–Kier alpha value is -3.40. The summed E-state index contributed by atoms with van der Waals surface area (Å²) in [5, 5.41) is 6.24. The van der Waals surface area contributed by atoms with Crippen LogP contribution in [0.5, 0.6) is 5.75 Å². The van der Waals surface area contributed by atoms with Crippen LogP contribution in [0, 0.1) is 0 Å². The average molecular weight is 372 g/mol. The fourth-order valence-corrected chi connectivity index (χ4v) is 2.93. The maximum Gasteiger partial charge on any atom is 0.247 e. The summed E-state index contributed by atoms with van der Waals surface area (Å²) in [5.41, 5.74) is 5.63. The highest BCUT2D eigenvalue weighted by Gasteiger charge is 2.15. The minimum Gasteiger partial charge on any atom is -0.497 e. The first-order chi connectivity index (χ1) is 13.6. The van der Waals surface area contributed by atoms with E-state index in [0.717, 1.165) is 33.2 Å². The van der Waals surface area contributed by atoms with E-state index in [1.807, 2.05) is 86.7 Å². The number of allylic oxidation sites excluding steroid dienone is 1. The zero-order valence-corrected chi connectivity index (χ0v) is 16.3. The van der Waals surface area contributed by atoms with Crippen molar-refractivity contribution < 1.29 is 9.53 Å². The fourth-order valence-electron chi connectivity index (χ4n) is 2.93. The third-order valence-electron chi connectivity index (χ3n) is 4.60. The molecule has 0 unspecified atom stereocenters. The molecule has 0 spiro atoms. The number of hydrazone groups is 1. The average Bonchev–Trinajstić information content (AvgIpc) is 2.73. The van der Waals surface area contributed by atoms with Crippen molar-refractivity contribution in [1.82, 2.24) is 5.43 Å². The molecule has 0 heterocycles. The lowest BCUT2D eigenvalue weighted by Gasteiger charge is -2.11. The zero-order chi connectivity index (χ0) is 19.9. The van der Waals surface area contributed by atoms with Crippen molar-refractivity contribution in [2.24, 2.45) is 5.10 Å². The summed E-state index contributed by atoms with van der Waals surface area (Å²) in [5.74, 6) is 0.373. The Bertz CT molecular complexity index is 1020. The van der Waals surface area contributed by atoms with Crippen molar-refractivity contribution >= 4 is 29.0 Å². The second-order valence-electron chi connectivity index (χ2n) is 6.73. The molecule has 0 fully saturated rings. The molecule has 0 aromatic heterocycles. The molecule has 0 saturated heterocycles. The Labute approximate surface area is 165 Å². The van der Waals surface area contributed by atoms with Gasteiger partial charge in [-0.1, -0.05) is 60.7 Å². The molecule has 3 aromatic rings. The Balaban J connectivity index is 1.65. The van der Waals surface area contributed by atoms with E-state index in [9.17, 15) is 4.79 Å². The number of fused-ring (bicyclic) bond motifs is 1. The second-order valence-corrected chi connectivity index (χ2v) is 6.73. The smallest absolute Gasteiger partial charge is 0.247 e. The lowest BCUT2D eigenvalue weighted by Crippen LogP contribution is -2.23. The first-order valence-electron chi connectivity index (χ1n) is 9.21. The summed E-state index contributed by atoms with van der Waals surface area (Å²) in [7, 11) is 1.65. The standard InChI is InChI=1S/C24H24N2O2/c1-17(13-19-7-5-4-6-8-19)16-25-26-24(27)18(2)20-9-10-22-15-23(28-3)12-11-21(22)14-20/h4-16,18H,1-3H3,(H,26,27)/b17-13+,25-16-/t18-/m1/s1. The van der Waals surface area contributed by atoms with Gasteiger partial charge >= 0.3 is 0 Å². The van der Waals surface area contributed by atoms with E-state index in [1.54, 1.807) is 13.3 Å². The Morgan fingerprint density at radius 3 is 2.50 bits per heavy atom. The lowest BCUT2D eigenvalue weighted by molar-refractivity contribution is -0.122. The molecule has 3 aromatic carbocycles. The predicted octanol–water partition coefficient (Wildman–Crippen LogP) is 5.16. The normalized spacial score (nSPS) is 12.9. The molecule has 0 aliphatic carbocycles. The van der Waals surface area contributed by atoms with E-state index >= 15 is 0 Å². The number of benzene rings is 3. The molecule has 1 N–H and O–H groups in total. The minimum absolute atomic E-state index is 0.142. The van der Waals surface area contributed by atoms with E-state index in [4.69, 9.17) is 4.74 Å². The molecule has 142 valence electrons. The van der Waals surface area contributed by atoms with Gasteiger partial charge in [0.05, 0.1) is 19.2 Å². The van der Waals surface area contributed by atoms with Crippen molar-refractivity contribution in [2.45, 2.75) is 19.8 Å². The Kier molecular flexibility index (Phi) is 6.22. The molecule has 0 bridgehead atoms. The molecular weight excluding hydrogens is 348 g/mol. The van der Waals surface area contributed by atoms with Gasteiger partial charge < -0.3 is 4.74 Å². The van der Waals surface area contributed by atoms with Crippen LogP contribution in [0.15, 0.2) is 77.4 Å². The highest BCUT2D eigenvalue weighted by Crippen LogP contribution is 2.25. The number of hydrogen-bond acceptors (Lipinski definition) is 3. The van der Waals surface area contributed by atoms with E-state index in [1.165, 1.54) is 0 Å². The summed E-state index contributed by atoms with van der Waals surface area (Å²) >= 11 is 0. The summed E-state index contributed by atoms with van der Waals surface area (Å²) in [6.07, 6.45) is 3.67. The van der Waals surface area contributed by atoms with Gasteiger partial charge in [0.15, 0.2) is 0 Å². The number of nitrogens with zero attached hydrogens (tertiary/aromatic N) is 1. The van der Waals surface area contributed by atoms with Crippen molar-refractivity contribution in [1.29, 1.82) is 0 Å². The number of rotatable bonds is 6. The van der Waals surface area contributed by atoms with Crippen molar-refractivity contribution in [3.05, 3.63) is 83.4 Å². The molecule has 0 saturated carbocycles. The van der Waals surface area contributed by atoms with E-state index in [-0.39, 0.29) is 11.8 Å². The highest BCUT2D eigenvalue weighted by molar-refractivity contribution is 5.90. The largest absolute Gasteiger partial charge is 0.497 e. The van der Waals surface area contributed by atoms with Crippen LogP contribution in [0.3, 0.4) is 0 Å². The molecule has 4 heteroatoms. The maximum absolute atomic E-state index is 12.5. The van der Waals surface area contributed by atoms with Gasteiger partial charge in [0.2, 0.25) is 5.91 Å². The van der Waals surface area contributed by atoms with Gasteiger partial charge in [0.1, 0.15) is 5.75 Å². The summed E-state index contributed by atoms with van der Waals surface area (Å²) in [6.45, 7) is 3.83. The molecule has 28 heavy (non-hydrogen) atoms. The van der Waals surface area contributed by atoms with Crippen LogP contribution in [0.2, 0.25) is 0 Å². The molecular formula is C24H24N2O2. The van der Waals surface area contributed by atoms with Crippen LogP contribution in [0.4, 0.5) is 0 Å². The number of carbonyl (C=O) groups is 1. The third kappa shape index (κ3) is 4.86. The van der Waals surface area contributed by atoms with Gasteiger partial charge in [-0.2, -0.15) is 5.10 Å². The van der Waals surface area contributed by atoms with Crippen LogP contribution in [-0.4, -0.2) is 19.2 Å². The van der Waals surface area contributed by atoms with Crippen LogP contribution in [-0.2, 0) is 4.79 Å². The minimum atomic E-state index is -0.304. The number of amides is 1. The molecule has 1 atom stereocenters. The number of ether oxygens (including phenoxy) is 1. The van der Waals surface area contributed by atoms with E-state index < -0.39 is 0 Å². The number of nitrogens with one attached hydrogen (secondary N) is 1. The van der Waals surface area contributed by atoms with Crippen LogP contribution >= 0.6 is 0 Å². The van der Waals surface area contributed by atoms with Crippen molar-refractivity contribution in [3.63, 3.8) is 0 Å². The van der Waals surface area contributed by atoms with E-state index in [0.29, 0.717) is 0 Å². The maximum atomic E-state index is 12.5. The van der Waals surface area contributed by atoms with Crippen LogP contribution in [0.1, 0.15) is 30.9 Å². The first kappa shape index (κ1) is 19.4. The Morgan fingerprint density at radius 1 is 1.04 bits per heavy atom. The molecule has 0 radical (unpaired) electrons. The molecule has 3 rings (SSSR count). The SMILES string of the molecule is COc1ccc2cc([C@@H](C)C(=O)N/N=C\C(C)=C\c3ccccc3)ccc2c1. The quantitative estimate of drug-likeness (QED) is 0.480.